The largest absolute Gasteiger partial charge is 0.347 e. The fourth-order valence-corrected chi connectivity index (χ4v) is 3.56. The van der Waals surface area contributed by atoms with Crippen LogP contribution in [0.4, 0.5) is 5.13 Å². The molecule has 0 bridgehead atoms. The van der Waals surface area contributed by atoms with E-state index in [9.17, 15) is 0 Å². The fraction of sp³-hybridized carbons (Fsp3) is 0.846. The van der Waals surface area contributed by atoms with E-state index in [0.29, 0.717) is 12.0 Å². The summed E-state index contributed by atoms with van der Waals surface area (Å²) >= 11 is 1.53. The van der Waals surface area contributed by atoms with Gasteiger partial charge in [-0.25, -0.2) is 4.98 Å². The van der Waals surface area contributed by atoms with E-state index in [-0.39, 0.29) is 0 Å². The van der Waals surface area contributed by atoms with E-state index in [1.54, 1.807) is 0 Å². The molecule has 1 saturated carbocycles. The summed E-state index contributed by atoms with van der Waals surface area (Å²) in [6.07, 6.45) is 7.22. The minimum absolute atomic E-state index is 0.547. The molecule has 2 rings (SSSR count). The Hall–Kier alpha value is -0.680. The van der Waals surface area contributed by atoms with Crippen LogP contribution in [-0.4, -0.2) is 29.0 Å². The van der Waals surface area contributed by atoms with Crippen LogP contribution in [0.5, 0.6) is 0 Å². The minimum atomic E-state index is 0.547. The third-order valence-electron chi connectivity index (χ3n) is 3.90. The molecule has 0 spiro atoms. The average Bonchev–Trinajstić information content (AvgIpc) is 2.87. The smallest absolute Gasteiger partial charge is 0.205 e. The first-order valence-electron chi connectivity index (χ1n) is 7.01. The molecule has 1 aromatic rings. The Labute approximate surface area is 114 Å². The van der Waals surface area contributed by atoms with Crippen molar-refractivity contribution in [3.63, 3.8) is 0 Å². The number of hydrogen-bond donors (Lipinski definition) is 1. The molecule has 0 radical (unpaired) electrons. The molecule has 2 N–H and O–H groups in total. The van der Waals surface area contributed by atoms with Gasteiger partial charge in [-0.3, -0.25) is 0 Å². The zero-order valence-corrected chi connectivity index (χ0v) is 12.2. The second kappa shape index (κ2) is 6.48. The van der Waals surface area contributed by atoms with Crippen molar-refractivity contribution in [2.45, 2.75) is 51.5 Å². The van der Waals surface area contributed by atoms with Gasteiger partial charge in [-0.15, -0.1) is 0 Å². The summed E-state index contributed by atoms with van der Waals surface area (Å²) in [7, 11) is 2.15. The van der Waals surface area contributed by atoms with E-state index in [1.807, 2.05) is 0 Å². The van der Waals surface area contributed by atoms with Gasteiger partial charge in [0.05, 0.1) is 0 Å². The van der Waals surface area contributed by atoms with Gasteiger partial charge in [0.15, 0.2) is 0 Å². The maximum atomic E-state index is 5.90. The maximum Gasteiger partial charge on any atom is 0.205 e. The van der Waals surface area contributed by atoms with Crippen LogP contribution >= 0.6 is 11.5 Å². The Bertz CT molecular complexity index is 366. The van der Waals surface area contributed by atoms with Crippen LogP contribution in [0.1, 0.15) is 44.9 Å². The molecule has 102 valence electrons. The van der Waals surface area contributed by atoms with Gasteiger partial charge in [-0.2, -0.15) is 4.37 Å². The minimum Gasteiger partial charge on any atom is -0.347 e. The number of nitrogens with two attached hydrogens (primary N) is 1. The number of aromatic nitrogens is 2. The van der Waals surface area contributed by atoms with E-state index in [4.69, 9.17) is 5.73 Å². The SMILES string of the molecule is CCCc1nsc(N(C)C2CCCCC2CN)n1. The standard InChI is InChI=1S/C13H24N4S/c1-3-6-12-15-13(18-16-12)17(2)11-8-5-4-7-10(11)9-14/h10-11H,3-9,14H2,1-2H3. The lowest BCUT2D eigenvalue weighted by Crippen LogP contribution is -2.43. The number of hydrogen-bond acceptors (Lipinski definition) is 5. The summed E-state index contributed by atoms with van der Waals surface area (Å²) in [6, 6.07) is 0.547. The summed E-state index contributed by atoms with van der Waals surface area (Å²) in [6.45, 7) is 2.95. The molecule has 4 nitrogen and oxygen atoms in total. The van der Waals surface area contributed by atoms with Crippen LogP contribution in [0.3, 0.4) is 0 Å². The predicted molar refractivity (Wildman–Crippen MR) is 77.1 cm³/mol. The summed E-state index contributed by atoms with van der Waals surface area (Å²) in [4.78, 5) is 6.95. The molecule has 1 heterocycles. The highest BCUT2D eigenvalue weighted by Crippen LogP contribution is 2.30. The molecule has 5 heteroatoms. The lowest BCUT2D eigenvalue weighted by molar-refractivity contribution is 0.306. The third-order valence-corrected chi connectivity index (χ3v) is 4.75. The summed E-state index contributed by atoms with van der Waals surface area (Å²) < 4.78 is 4.43. The molecule has 1 aromatic heterocycles. The van der Waals surface area contributed by atoms with Gasteiger partial charge in [0.2, 0.25) is 5.13 Å². The van der Waals surface area contributed by atoms with Crippen molar-refractivity contribution in [1.29, 1.82) is 0 Å². The summed E-state index contributed by atoms with van der Waals surface area (Å²) in [5.41, 5.74) is 5.90. The second-order valence-corrected chi connectivity index (χ2v) is 5.93. The molecule has 0 saturated heterocycles. The van der Waals surface area contributed by atoms with Crippen molar-refractivity contribution < 1.29 is 0 Å². The van der Waals surface area contributed by atoms with Gasteiger partial charge in [-0.05, 0) is 31.7 Å². The number of rotatable bonds is 5. The number of anilines is 1. The Kier molecular flexibility index (Phi) is 4.95. The van der Waals surface area contributed by atoms with Crippen LogP contribution in [0, 0.1) is 5.92 Å². The molecule has 0 aromatic carbocycles. The van der Waals surface area contributed by atoms with Gasteiger partial charge in [0, 0.05) is 31.0 Å². The number of nitrogens with zero attached hydrogens (tertiary/aromatic N) is 3. The quantitative estimate of drug-likeness (QED) is 0.891. The first-order valence-corrected chi connectivity index (χ1v) is 7.79. The van der Waals surface area contributed by atoms with Gasteiger partial charge in [-0.1, -0.05) is 19.8 Å². The highest BCUT2D eigenvalue weighted by atomic mass is 32.1. The average molecular weight is 268 g/mol. The Morgan fingerprint density at radius 3 is 2.89 bits per heavy atom. The first kappa shape index (κ1) is 13.7. The molecule has 2 atom stereocenters. The summed E-state index contributed by atoms with van der Waals surface area (Å²) in [5.74, 6) is 1.60. The molecule has 0 amide bonds. The Morgan fingerprint density at radius 2 is 2.17 bits per heavy atom. The molecule has 0 aliphatic heterocycles. The second-order valence-electron chi connectivity index (χ2n) is 5.20. The molecule has 1 fully saturated rings. The lowest BCUT2D eigenvalue weighted by atomic mass is 9.84. The van der Waals surface area contributed by atoms with Gasteiger partial charge < -0.3 is 10.6 Å². The van der Waals surface area contributed by atoms with Crippen molar-refractivity contribution in [1.82, 2.24) is 9.36 Å². The van der Waals surface area contributed by atoms with Crippen LogP contribution in [-0.2, 0) is 6.42 Å². The van der Waals surface area contributed by atoms with E-state index in [0.717, 1.165) is 30.3 Å². The van der Waals surface area contributed by atoms with Crippen LogP contribution in [0.25, 0.3) is 0 Å². The third kappa shape index (κ3) is 3.01. The zero-order chi connectivity index (χ0) is 13.0. The summed E-state index contributed by atoms with van der Waals surface area (Å²) in [5, 5.41) is 1.06. The monoisotopic (exact) mass is 268 g/mol. The van der Waals surface area contributed by atoms with E-state index in [2.05, 4.69) is 28.2 Å². The maximum absolute atomic E-state index is 5.90. The molecule has 18 heavy (non-hydrogen) atoms. The van der Waals surface area contributed by atoms with Crippen molar-refractivity contribution >= 4 is 16.7 Å². The normalized spacial score (nSPS) is 24.2. The van der Waals surface area contributed by atoms with Crippen molar-refractivity contribution in [2.75, 3.05) is 18.5 Å². The molecular formula is C13H24N4S. The van der Waals surface area contributed by atoms with E-state index < -0.39 is 0 Å². The van der Waals surface area contributed by atoms with Gasteiger partial charge in [0.1, 0.15) is 5.82 Å². The predicted octanol–water partition coefficient (Wildman–Crippen LogP) is 2.44. The van der Waals surface area contributed by atoms with Crippen LogP contribution < -0.4 is 10.6 Å². The molecule has 2 unspecified atom stereocenters. The van der Waals surface area contributed by atoms with Crippen molar-refractivity contribution in [2.24, 2.45) is 11.7 Å². The van der Waals surface area contributed by atoms with Crippen molar-refractivity contribution in [3.8, 4) is 0 Å². The number of aryl methyl sites for hydroxylation is 1. The zero-order valence-electron chi connectivity index (χ0n) is 11.4. The first-order chi connectivity index (χ1) is 8.76. The highest BCUT2D eigenvalue weighted by molar-refractivity contribution is 7.09. The Balaban J connectivity index is 2.05. The topological polar surface area (TPSA) is 55.0 Å². The molecule has 1 aliphatic carbocycles. The van der Waals surface area contributed by atoms with E-state index in [1.165, 1.54) is 37.2 Å². The van der Waals surface area contributed by atoms with E-state index >= 15 is 0 Å². The highest BCUT2D eigenvalue weighted by Gasteiger charge is 2.28. The van der Waals surface area contributed by atoms with Gasteiger partial charge >= 0.3 is 0 Å². The van der Waals surface area contributed by atoms with Crippen LogP contribution in [0.2, 0.25) is 0 Å². The van der Waals surface area contributed by atoms with Crippen LogP contribution in [0.15, 0.2) is 0 Å². The molecular weight excluding hydrogens is 244 g/mol. The fourth-order valence-electron chi connectivity index (χ4n) is 2.83. The lowest BCUT2D eigenvalue weighted by Gasteiger charge is -2.37. The van der Waals surface area contributed by atoms with Crippen molar-refractivity contribution in [3.05, 3.63) is 5.82 Å². The van der Waals surface area contributed by atoms with Gasteiger partial charge in [0.25, 0.3) is 0 Å². The molecule has 1 aliphatic rings. The Morgan fingerprint density at radius 1 is 1.39 bits per heavy atom.